The van der Waals surface area contributed by atoms with Crippen LogP contribution in [0.2, 0.25) is 0 Å². The van der Waals surface area contributed by atoms with E-state index in [0.717, 1.165) is 0 Å². The lowest BCUT2D eigenvalue weighted by Gasteiger charge is -2.25. The third kappa shape index (κ3) is 2.76. The quantitative estimate of drug-likeness (QED) is 0.767. The van der Waals surface area contributed by atoms with Crippen LogP contribution in [0.4, 0.5) is 17.1 Å². The van der Waals surface area contributed by atoms with Crippen molar-refractivity contribution in [3.8, 4) is 5.75 Å². The number of hydrogen-bond acceptors (Lipinski definition) is 5. The van der Waals surface area contributed by atoms with Crippen LogP contribution < -0.4 is 20.7 Å². The van der Waals surface area contributed by atoms with Gasteiger partial charge < -0.3 is 25.6 Å². The molecule has 1 aromatic carbocycles. The van der Waals surface area contributed by atoms with Gasteiger partial charge in [0.25, 0.3) is 5.91 Å². The molecule has 0 atom stereocenters. The van der Waals surface area contributed by atoms with Gasteiger partial charge in [-0.25, -0.2) is 0 Å². The average molecular weight is 278 g/mol. The van der Waals surface area contributed by atoms with Gasteiger partial charge in [-0.1, -0.05) is 0 Å². The molecule has 1 heterocycles. The highest BCUT2D eigenvalue weighted by Gasteiger charge is 2.20. The molecular weight excluding hydrogens is 260 g/mol. The largest absolute Gasteiger partial charge is 0.482 e. The topological polar surface area (TPSA) is 87.9 Å². The summed E-state index contributed by atoms with van der Waals surface area (Å²) in [7, 11) is 5.16. The van der Waals surface area contributed by atoms with Crippen LogP contribution >= 0.6 is 0 Å². The molecule has 7 nitrogen and oxygen atoms in total. The molecule has 0 saturated carbocycles. The Hall–Kier alpha value is -2.44. The van der Waals surface area contributed by atoms with Gasteiger partial charge in [-0.15, -0.1) is 0 Å². The maximum atomic E-state index is 11.7. The molecule has 0 spiro atoms. The van der Waals surface area contributed by atoms with Gasteiger partial charge in [0.2, 0.25) is 5.91 Å². The Bertz CT molecular complexity index is 557. The molecule has 108 valence electrons. The minimum atomic E-state index is -0.208. The van der Waals surface area contributed by atoms with Gasteiger partial charge in [-0.05, 0) is 6.07 Å². The Labute approximate surface area is 117 Å². The number of likely N-dealkylation sites (N-methyl/N-ethyl adjacent to an activating group) is 2. The van der Waals surface area contributed by atoms with Gasteiger partial charge in [0.05, 0.1) is 23.6 Å². The summed E-state index contributed by atoms with van der Waals surface area (Å²) in [5.74, 6) is 0.295. The normalized spacial score (nSPS) is 13.1. The molecule has 2 amide bonds. The second-order valence-corrected chi connectivity index (χ2v) is 4.89. The minimum absolute atomic E-state index is 0.0132. The van der Waals surface area contributed by atoms with Crippen LogP contribution in [-0.4, -0.2) is 51.0 Å². The molecule has 20 heavy (non-hydrogen) atoms. The van der Waals surface area contributed by atoms with Gasteiger partial charge >= 0.3 is 0 Å². The number of carbonyl (C=O) groups excluding carboxylic acids is 2. The summed E-state index contributed by atoms with van der Waals surface area (Å²) < 4.78 is 5.28. The molecule has 0 fully saturated rings. The number of ether oxygens (including phenoxy) is 1. The molecule has 1 aliphatic rings. The van der Waals surface area contributed by atoms with Gasteiger partial charge in [0.15, 0.2) is 6.61 Å². The number of nitrogens with two attached hydrogens (primary N) is 1. The van der Waals surface area contributed by atoms with Gasteiger partial charge in [0, 0.05) is 27.2 Å². The standard InChI is InChI=1S/C13H18N4O3/c1-16(2)13(19)6-17(3)10-5-9-11(4-8(10)14)20-7-12(18)15-9/h4-5H,6-7,14H2,1-3H3,(H,15,18). The number of hydrogen-bond donors (Lipinski definition) is 2. The number of nitrogens with one attached hydrogen (secondary N) is 1. The molecule has 0 aromatic heterocycles. The fraction of sp³-hybridized carbons (Fsp3) is 0.385. The van der Waals surface area contributed by atoms with Crippen molar-refractivity contribution >= 4 is 28.9 Å². The smallest absolute Gasteiger partial charge is 0.262 e. The van der Waals surface area contributed by atoms with E-state index in [2.05, 4.69) is 5.32 Å². The van der Waals surface area contributed by atoms with Crippen LogP contribution in [0.3, 0.4) is 0 Å². The zero-order valence-corrected chi connectivity index (χ0v) is 11.8. The summed E-state index contributed by atoms with van der Waals surface area (Å²) in [6, 6.07) is 3.37. The lowest BCUT2D eigenvalue weighted by atomic mass is 10.2. The predicted octanol–water partition coefficient (Wildman–Crippen LogP) is 0.124. The van der Waals surface area contributed by atoms with Crippen molar-refractivity contribution in [1.82, 2.24) is 4.90 Å². The Morgan fingerprint density at radius 1 is 1.40 bits per heavy atom. The third-order valence-electron chi connectivity index (χ3n) is 3.04. The van der Waals surface area contributed by atoms with Crippen molar-refractivity contribution in [2.45, 2.75) is 0 Å². The minimum Gasteiger partial charge on any atom is -0.482 e. The first-order chi connectivity index (χ1) is 9.38. The van der Waals surface area contributed by atoms with Crippen molar-refractivity contribution in [3.05, 3.63) is 12.1 Å². The zero-order chi connectivity index (χ0) is 14.9. The highest BCUT2D eigenvalue weighted by Crippen LogP contribution is 2.36. The van der Waals surface area contributed by atoms with Gasteiger partial charge in [-0.2, -0.15) is 0 Å². The molecule has 1 aliphatic heterocycles. The Balaban J connectivity index is 2.26. The summed E-state index contributed by atoms with van der Waals surface area (Å²) in [6.07, 6.45) is 0. The number of nitrogens with zero attached hydrogens (tertiary/aromatic N) is 2. The molecule has 0 bridgehead atoms. The molecule has 7 heteroatoms. The summed E-state index contributed by atoms with van der Waals surface area (Å²) in [5, 5.41) is 2.72. The Morgan fingerprint density at radius 3 is 2.75 bits per heavy atom. The first-order valence-corrected chi connectivity index (χ1v) is 6.16. The monoisotopic (exact) mass is 278 g/mol. The van der Waals surface area contributed by atoms with E-state index in [-0.39, 0.29) is 25.0 Å². The molecule has 0 aliphatic carbocycles. The number of carbonyl (C=O) groups is 2. The molecule has 2 rings (SSSR count). The van der Waals surface area contributed by atoms with E-state index < -0.39 is 0 Å². The van der Waals surface area contributed by atoms with Crippen molar-refractivity contribution in [3.63, 3.8) is 0 Å². The molecule has 1 aromatic rings. The van der Waals surface area contributed by atoms with Crippen molar-refractivity contribution in [2.75, 3.05) is 50.2 Å². The van der Waals surface area contributed by atoms with Crippen LogP contribution in [0, 0.1) is 0 Å². The Kier molecular flexibility index (Phi) is 3.69. The van der Waals surface area contributed by atoms with Crippen LogP contribution in [0.15, 0.2) is 12.1 Å². The van der Waals surface area contributed by atoms with Gasteiger partial charge in [0.1, 0.15) is 5.75 Å². The van der Waals surface area contributed by atoms with E-state index in [4.69, 9.17) is 10.5 Å². The fourth-order valence-corrected chi connectivity index (χ4v) is 1.89. The number of fused-ring (bicyclic) bond motifs is 1. The first kappa shape index (κ1) is 14.0. The first-order valence-electron chi connectivity index (χ1n) is 6.16. The van der Waals surface area contributed by atoms with Crippen LogP contribution in [0.5, 0.6) is 5.75 Å². The van der Waals surface area contributed by atoms with Crippen LogP contribution in [0.1, 0.15) is 0 Å². The number of rotatable bonds is 3. The van der Waals surface area contributed by atoms with E-state index in [0.29, 0.717) is 22.8 Å². The SMILES string of the molecule is CN(C)C(=O)CN(C)c1cc2c(cc1N)OCC(=O)N2. The summed E-state index contributed by atoms with van der Waals surface area (Å²) in [5.41, 5.74) is 7.70. The summed E-state index contributed by atoms with van der Waals surface area (Å²) >= 11 is 0. The van der Waals surface area contributed by atoms with E-state index in [1.54, 1.807) is 38.2 Å². The van der Waals surface area contributed by atoms with Crippen LogP contribution in [-0.2, 0) is 9.59 Å². The maximum absolute atomic E-state index is 11.7. The van der Waals surface area contributed by atoms with Crippen molar-refractivity contribution in [2.24, 2.45) is 0 Å². The van der Waals surface area contributed by atoms with Crippen LogP contribution in [0.25, 0.3) is 0 Å². The second kappa shape index (κ2) is 5.28. The average Bonchev–Trinajstić information content (AvgIpc) is 2.38. The lowest BCUT2D eigenvalue weighted by Crippen LogP contribution is -2.35. The van der Waals surface area contributed by atoms with E-state index >= 15 is 0 Å². The number of anilines is 3. The van der Waals surface area contributed by atoms with E-state index in [9.17, 15) is 9.59 Å². The maximum Gasteiger partial charge on any atom is 0.262 e. The lowest BCUT2D eigenvalue weighted by molar-refractivity contribution is -0.127. The highest BCUT2D eigenvalue weighted by atomic mass is 16.5. The highest BCUT2D eigenvalue weighted by molar-refractivity contribution is 5.97. The van der Waals surface area contributed by atoms with Crippen molar-refractivity contribution in [1.29, 1.82) is 0 Å². The molecule has 3 N–H and O–H groups in total. The number of benzene rings is 1. The van der Waals surface area contributed by atoms with Crippen molar-refractivity contribution < 1.29 is 14.3 Å². The summed E-state index contributed by atoms with van der Waals surface area (Å²) in [6.45, 7) is 0.186. The number of nitrogen functional groups attached to an aromatic ring is 1. The molecule has 0 unspecified atom stereocenters. The fourth-order valence-electron chi connectivity index (χ4n) is 1.89. The number of amides is 2. The van der Waals surface area contributed by atoms with E-state index in [1.165, 1.54) is 4.90 Å². The Morgan fingerprint density at radius 2 is 2.10 bits per heavy atom. The molecular formula is C13H18N4O3. The van der Waals surface area contributed by atoms with Gasteiger partial charge in [-0.3, -0.25) is 9.59 Å². The second-order valence-electron chi connectivity index (χ2n) is 4.89. The molecule has 0 radical (unpaired) electrons. The zero-order valence-electron chi connectivity index (χ0n) is 11.8. The molecule has 0 saturated heterocycles. The van der Waals surface area contributed by atoms with E-state index in [1.807, 2.05) is 0 Å². The predicted molar refractivity (Wildman–Crippen MR) is 76.9 cm³/mol. The summed E-state index contributed by atoms with van der Waals surface area (Å²) in [4.78, 5) is 26.3. The third-order valence-corrected chi connectivity index (χ3v) is 3.04.